The summed E-state index contributed by atoms with van der Waals surface area (Å²) in [5, 5.41) is 10.8. The predicted molar refractivity (Wildman–Crippen MR) is 76.4 cm³/mol. The topological polar surface area (TPSA) is 97.6 Å². The molecule has 22 heavy (non-hydrogen) atoms. The molecule has 0 bridgehead atoms. The Morgan fingerprint density at radius 3 is 2.45 bits per heavy atom. The Hall–Kier alpha value is -3.35. The van der Waals surface area contributed by atoms with Gasteiger partial charge in [0.25, 0.3) is 11.5 Å². The Bertz CT molecular complexity index is 844. The molecule has 0 fully saturated rings. The normalized spacial score (nSPS) is 13.2. The minimum Gasteiger partial charge on any atom is -0.298 e. The maximum Gasteiger partial charge on any atom is 0.304 e. The van der Waals surface area contributed by atoms with Crippen molar-refractivity contribution in [3.05, 3.63) is 63.7 Å². The van der Waals surface area contributed by atoms with Gasteiger partial charge in [-0.25, -0.2) is 0 Å². The van der Waals surface area contributed by atoms with Gasteiger partial charge in [0.15, 0.2) is 6.29 Å². The highest BCUT2D eigenvalue weighted by Gasteiger charge is 2.37. The highest BCUT2D eigenvalue weighted by atomic mass is 16.6. The van der Waals surface area contributed by atoms with Gasteiger partial charge in [0.05, 0.1) is 21.9 Å². The summed E-state index contributed by atoms with van der Waals surface area (Å²) in [6, 6.07) is 9.92. The van der Waals surface area contributed by atoms with Gasteiger partial charge in [0, 0.05) is 17.7 Å². The number of Topliss-reactive ketones (excluding diaryl/α,β-unsaturated/α-hetero) is 1. The second-order valence-corrected chi connectivity index (χ2v) is 4.60. The number of carbonyl (C=O) groups excluding carboxylic acids is 3. The lowest BCUT2D eigenvalue weighted by Crippen LogP contribution is -2.25. The van der Waals surface area contributed by atoms with Crippen LogP contribution in [-0.2, 0) is 4.79 Å². The quantitative estimate of drug-likeness (QED) is 0.374. The predicted octanol–water partition coefficient (Wildman–Crippen LogP) is 2.27. The van der Waals surface area contributed by atoms with E-state index >= 15 is 0 Å². The number of nitro groups is 1. The van der Waals surface area contributed by atoms with Gasteiger partial charge in [-0.05, 0) is 18.2 Å². The molecule has 2 aromatic carbocycles. The lowest BCUT2D eigenvalue weighted by molar-refractivity contribution is -0.384. The van der Waals surface area contributed by atoms with E-state index in [2.05, 4.69) is 0 Å². The Labute approximate surface area is 123 Å². The molecule has 0 spiro atoms. The zero-order chi connectivity index (χ0) is 15.9. The Balaban J connectivity index is 2.20. The van der Waals surface area contributed by atoms with E-state index in [9.17, 15) is 24.5 Å². The van der Waals surface area contributed by atoms with Crippen molar-refractivity contribution in [3.63, 3.8) is 0 Å². The number of carbonyl (C=O) groups is 3. The summed E-state index contributed by atoms with van der Waals surface area (Å²) in [5.74, 6) is -1.47. The molecule has 0 saturated heterocycles. The standard InChI is InChI=1S/C15H8N2O5/c18-8-9-7-10(17(21)22)5-6-12(9)16-13-4-2-1-3-11(13)14(19)15(16)20/h1-8H. The summed E-state index contributed by atoms with van der Waals surface area (Å²) in [7, 11) is 0. The van der Waals surface area contributed by atoms with Crippen LogP contribution in [0.3, 0.4) is 0 Å². The number of nitrogens with zero attached hydrogens (tertiary/aromatic N) is 2. The lowest BCUT2D eigenvalue weighted by atomic mass is 10.1. The minimum atomic E-state index is -0.793. The van der Waals surface area contributed by atoms with Crippen LogP contribution in [0.4, 0.5) is 17.1 Å². The van der Waals surface area contributed by atoms with Crippen molar-refractivity contribution < 1.29 is 19.3 Å². The molecule has 1 heterocycles. The fraction of sp³-hybridized carbons (Fsp3) is 0. The van der Waals surface area contributed by atoms with Crippen LogP contribution in [0, 0.1) is 10.1 Å². The van der Waals surface area contributed by atoms with Gasteiger partial charge < -0.3 is 0 Å². The molecule has 0 atom stereocenters. The summed E-state index contributed by atoms with van der Waals surface area (Å²) in [4.78, 5) is 46.6. The van der Waals surface area contributed by atoms with E-state index in [1.54, 1.807) is 18.2 Å². The SMILES string of the molecule is O=Cc1cc([N+](=O)[O-])ccc1N1C(=O)C(=O)c2ccccc21. The van der Waals surface area contributed by atoms with Crippen LogP contribution in [0.2, 0.25) is 0 Å². The zero-order valence-corrected chi connectivity index (χ0v) is 11.1. The first-order valence-corrected chi connectivity index (χ1v) is 6.26. The number of amides is 1. The summed E-state index contributed by atoms with van der Waals surface area (Å²) in [6.45, 7) is 0. The first kappa shape index (κ1) is 13.6. The molecule has 1 aliphatic rings. The third-order valence-corrected chi connectivity index (χ3v) is 3.38. The van der Waals surface area contributed by atoms with Crippen LogP contribution in [0.1, 0.15) is 20.7 Å². The monoisotopic (exact) mass is 296 g/mol. The highest BCUT2D eigenvalue weighted by Crippen LogP contribution is 2.37. The van der Waals surface area contributed by atoms with Crippen molar-refractivity contribution >= 4 is 35.0 Å². The van der Waals surface area contributed by atoms with Crippen molar-refractivity contribution in [2.24, 2.45) is 0 Å². The molecule has 0 saturated carbocycles. The van der Waals surface area contributed by atoms with E-state index in [4.69, 9.17) is 0 Å². The molecular weight excluding hydrogens is 288 g/mol. The molecule has 3 rings (SSSR count). The van der Waals surface area contributed by atoms with Crippen LogP contribution in [0.15, 0.2) is 42.5 Å². The third kappa shape index (κ3) is 1.87. The van der Waals surface area contributed by atoms with Crippen molar-refractivity contribution in [2.75, 3.05) is 4.90 Å². The van der Waals surface area contributed by atoms with Gasteiger partial charge in [0.1, 0.15) is 0 Å². The lowest BCUT2D eigenvalue weighted by Gasteiger charge is -2.18. The number of ketones is 1. The molecule has 0 aromatic heterocycles. The van der Waals surface area contributed by atoms with Gasteiger partial charge in [-0.15, -0.1) is 0 Å². The smallest absolute Gasteiger partial charge is 0.298 e. The number of anilines is 2. The molecule has 0 unspecified atom stereocenters. The molecule has 108 valence electrons. The molecular formula is C15H8N2O5. The number of benzene rings is 2. The molecule has 2 aromatic rings. The largest absolute Gasteiger partial charge is 0.304 e. The first-order valence-electron chi connectivity index (χ1n) is 6.26. The maximum atomic E-state index is 12.2. The molecule has 7 nitrogen and oxygen atoms in total. The number of nitro benzene ring substituents is 1. The summed E-state index contributed by atoms with van der Waals surface area (Å²) in [6.07, 6.45) is 0.418. The van der Waals surface area contributed by atoms with Gasteiger partial charge in [-0.1, -0.05) is 12.1 Å². The van der Waals surface area contributed by atoms with Crippen molar-refractivity contribution in [3.8, 4) is 0 Å². The van der Waals surface area contributed by atoms with Crippen molar-refractivity contribution in [1.29, 1.82) is 0 Å². The van der Waals surface area contributed by atoms with Crippen LogP contribution < -0.4 is 4.90 Å². The van der Waals surface area contributed by atoms with E-state index in [0.29, 0.717) is 12.0 Å². The van der Waals surface area contributed by atoms with Gasteiger partial charge in [-0.3, -0.25) is 29.4 Å². The van der Waals surface area contributed by atoms with Crippen LogP contribution in [0.25, 0.3) is 0 Å². The Morgan fingerprint density at radius 2 is 1.77 bits per heavy atom. The summed E-state index contributed by atoms with van der Waals surface area (Å²) >= 11 is 0. The number of aldehydes is 1. The number of rotatable bonds is 3. The molecule has 0 aliphatic carbocycles. The third-order valence-electron chi connectivity index (χ3n) is 3.38. The number of para-hydroxylation sites is 1. The summed E-state index contributed by atoms with van der Waals surface area (Å²) < 4.78 is 0. The van der Waals surface area contributed by atoms with E-state index < -0.39 is 16.6 Å². The fourth-order valence-corrected chi connectivity index (χ4v) is 2.38. The second kappa shape index (κ2) is 4.88. The van der Waals surface area contributed by atoms with E-state index in [1.165, 1.54) is 18.2 Å². The first-order chi connectivity index (χ1) is 10.5. The fourth-order valence-electron chi connectivity index (χ4n) is 2.38. The van der Waals surface area contributed by atoms with Crippen molar-refractivity contribution in [2.45, 2.75) is 0 Å². The van der Waals surface area contributed by atoms with E-state index in [-0.39, 0.29) is 22.5 Å². The Morgan fingerprint density at radius 1 is 1.05 bits per heavy atom. The van der Waals surface area contributed by atoms with E-state index in [1.807, 2.05) is 0 Å². The second-order valence-electron chi connectivity index (χ2n) is 4.60. The number of hydrogen-bond donors (Lipinski definition) is 0. The van der Waals surface area contributed by atoms with Crippen LogP contribution in [-0.4, -0.2) is 22.9 Å². The maximum absolute atomic E-state index is 12.2. The van der Waals surface area contributed by atoms with Crippen LogP contribution >= 0.6 is 0 Å². The molecule has 0 radical (unpaired) electrons. The molecule has 1 aliphatic heterocycles. The van der Waals surface area contributed by atoms with E-state index in [0.717, 1.165) is 11.0 Å². The van der Waals surface area contributed by atoms with Crippen LogP contribution in [0.5, 0.6) is 0 Å². The average Bonchev–Trinajstić information content (AvgIpc) is 2.78. The molecule has 1 amide bonds. The van der Waals surface area contributed by atoms with Gasteiger partial charge >= 0.3 is 5.91 Å². The van der Waals surface area contributed by atoms with Gasteiger partial charge in [0.2, 0.25) is 0 Å². The number of fused-ring (bicyclic) bond motifs is 1. The molecule has 7 heteroatoms. The Kier molecular flexibility index (Phi) is 3.03. The number of non-ortho nitro benzene ring substituents is 1. The minimum absolute atomic E-state index is 0.0351. The molecule has 0 N–H and O–H groups in total. The average molecular weight is 296 g/mol. The highest BCUT2D eigenvalue weighted by molar-refractivity contribution is 6.53. The van der Waals surface area contributed by atoms with Gasteiger partial charge in [-0.2, -0.15) is 0 Å². The number of hydrogen-bond acceptors (Lipinski definition) is 5. The zero-order valence-electron chi connectivity index (χ0n) is 11.1. The summed E-state index contributed by atoms with van der Waals surface area (Å²) in [5.41, 5.74) is 0.435. The van der Waals surface area contributed by atoms with Crippen molar-refractivity contribution in [1.82, 2.24) is 0 Å².